The van der Waals surface area contributed by atoms with Gasteiger partial charge in [-0.25, -0.2) is 14.4 Å². The molecule has 0 aromatic carbocycles. The third-order valence-corrected chi connectivity index (χ3v) is 2.26. The first-order valence-corrected chi connectivity index (χ1v) is 7.76. The highest BCUT2D eigenvalue weighted by atomic mass is 16.5. The number of carbonyl (C=O) groups is 3. The lowest BCUT2D eigenvalue weighted by Gasteiger charge is -2.16. The predicted molar refractivity (Wildman–Crippen MR) is 102 cm³/mol. The van der Waals surface area contributed by atoms with Gasteiger partial charge < -0.3 is 30.3 Å². The van der Waals surface area contributed by atoms with Crippen molar-refractivity contribution < 1.29 is 44.7 Å². The fourth-order valence-corrected chi connectivity index (χ4v) is 0.497. The minimum absolute atomic E-state index is 0.0451. The number of ether oxygens (including phenoxy) is 1. The van der Waals surface area contributed by atoms with Crippen LogP contribution in [-0.2, 0) is 19.1 Å². The molecule has 0 bridgehead atoms. The summed E-state index contributed by atoms with van der Waals surface area (Å²) >= 11 is 0. The second-order valence-electron chi connectivity index (χ2n) is 5.42. The van der Waals surface area contributed by atoms with Crippen LogP contribution in [0.4, 0.5) is 0 Å². The molecule has 0 rings (SSSR count). The zero-order chi connectivity index (χ0) is 22.5. The summed E-state index contributed by atoms with van der Waals surface area (Å²) in [5.74, 6) is -2.91. The smallest absolute Gasteiger partial charge is 0.331 e. The number of hydrogen-bond acceptors (Lipinski definition) is 6. The van der Waals surface area contributed by atoms with Crippen molar-refractivity contribution in [1.29, 1.82) is 0 Å². The highest BCUT2D eigenvalue weighted by Crippen LogP contribution is 2.10. The summed E-state index contributed by atoms with van der Waals surface area (Å²) in [6.45, 7) is 15.9. The molecule has 0 fully saturated rings. The molecule has 0 aliphatic rings. The molecule has 9 nitrogen and oxygen atoms in total. The zero-order valence-electron chi connectivity index (χ0n) is 16.2. The van der Waals surface area contributed by atoms with Crippen LogP contribution in [0.5, 0.6) is 0 Å². The van der Waals surface area contributed by atoms with Gasteiger partial charge in [0.15, 0.2) is 0 Å². The van der Waals surface area contributed by atoms with Gasteiger partial charge in [0.05, 0.1) is 19.8 Å². The largest absolute Gasteiger partial charge is 0.478 e. The van der Waals surface area contributed by atoms with Crippen LogP contribution < -0.4 is 0 Å². The lowest BCUT2D eigenvalue weighted by Crippen LogP contribution is -2.20. The van der Waals surface area contributed by atoms with Crippen LogP contribution in [-0.4, -0.2) is 69.9 Å². The van der Waals surface area contributed by atoms with E-state index in [-0.39, 0.29) is 24.2 Å². The number of rotatable bonds is 9. The number of aliphatic hydroxyl groups is 2. The molecule has 27 heavy (non-hydrogen) atoms. The normalized spacial score (nSPS) is 8.93. The molecule has 0 aliphatic heterocycles. The maximum atomic E-state index is 10.1. The molecule has 5 N–H and O–H groups in total. The Bertz CT molecular complexity index is 430. The fraction of sp³-hybridized carbons (Fsp3) is 0.500. The Kier molecular flexibility index (Phi) is 25.7. The van der Waals surface area contributed by atoms with Crippen molar-refractivity contribution in [1.82, 2.24) is 0 Å². The standard InChI is InChI=1S/C7H12O3.C5H12O2.2C3H4O2/c1-3-10-5-4-6(2)7(8)9;1-5(2,3-6)4-7;2*1-2-3(4)5/h2-5H2,1H3,(H,8,9);6-7H,3-4H2,1-2H3;2*2H,1H2,(H,4,5). The minimum Gasteiger partial charge on any atom is -0.478 e. The Morgan fingerprint density at radius 2 is 1.30 bits per heavy atom. The van der Waals surface area contributed by atoms with Crippen LogP contribution in [0.2, 0.25) is 0 Å². The van der Waals surface area contributed by atoms with E-state index < -0.39 is 17.9 Å². The number of carboxylic acids is 3. The highest BCUT2D eigenvalue weighted by Gasteiger charge is 2.13. The molecule has 0 aromatic rings. The van der Waals surface area contributed by atoms with E-state index in [1.807, 2.05) is 6.92 Å². The van der Waals surface area contributed by atoms with Gasteiger partial charge in [-0.05, 0) is 6.92 Å². The Hall–Kier alpha value is -2.49. The predicted octanol–water partition coefficient (Wildman–Crippen LogP) is 1.56. The molecule has 158 valence electrons. The highest BCUT2D eigenvalue weighted by molar-refractivity contribution is 5.85. The molecule has 9 heteroatoms. The zero-order valence-corrected chi connectivity index (χ0v) is 16.2. The van der Waals surface area contributed by atoms with Gasteiger partial charge in [0.2, 0.25) is 0 Å². The van der Waals surface area contributed by atoms with Crippen LogP contribution in [0.3, 0.4) is 0 Å². The number of carboxylic acid groups (broad SMARTS) is 3. The lowest BCUT2D eigenvalue weighted by molar-refractivity contribution is -0.133. The fourth-order valence-electron chi connectivity index (χ4n) is 0.497. The van der Waals surface area contributed by atoms with Crippen LogP contribution in [0.15, 0.2) is 37.5 Å². The van der Waals surface area contributed by atoms with Crippen LogP contribution in [0.25, 0.3) is 0 Å². The maximum Gasteiger partial charge on any atom is 0.331 e. The second kappa shape index (κ2) is 21.6. The first kappa shape index (κ1) is 32.2. The summed E-state index contributed by atoms with van der Waals surface area (Å²) in [4.78, 5) is 28.6. The van der Waals surface area contributed by atoms with E-state index in [2.05, 4.69) is 19.7 Å². The molecular formula is C18H32O9. The van der Waals surface area contributed by atoms with Crippen molar-refractivity contribution in [2.24, 2.45) is 5.41 Å². The lowest BCUT2D eigenvalue weighted by atomic mass is 9.97. The van der Waals surface area contributed by atoms with E-state index >= 15 is 0 Å². The van der Waals surface area contributed by atoms with E-state index in [0.29, 0.717) is 19.6 Å². The quantitative estimate of drug-likeness (QED) is 0.289. The Balaban J connectivity index is -0.000000137. The van der Waals surface area contributed by atoms with Crippen molar-refractivity contribution >= 4 is 17.9 Å². The molecule has 0 spiro atoms. The van der Waals surface area contributed by atoms with Gasteiger partial charge >= 0.3 is 17.9 Å². The SMILES string of the molecule is C=C(CCOCC)C(=O)O.C=CC(=O)O.C=CC(=O)O.CC(C)(CO)CO. The van der Waals surface area contributed by atoms with Crippen molar-refractivity contribution in [3.8, 4) is 0 Å². The van der Waals surface area contributed by atoms with E-state index in [0.717, 1.165) is 12.2 Å². The van der Waals surface area contributed by atoms with Crippen molar-refractivity contribution in [2.45, 2.75) is 27.2 Å². The van der Waals surface area contributed by atoms with Crippen molar-refractivity contribution in [2.75, 3.05) is 26.4 Å². The van der Waals surface area contributed by atoms with E-state index in [9.17, 15) is 14.4 Å². The molecule has 0 heterocycles. The molecule has 0 saturated carbocycles. The van der Waals surface area contributed by atoms with Gasteiger partial charge in [-0.2, -0.15) is 0 Å². The third kappa shape index (κ3) is 39.9. The minimum atomic E-state index is -0.981. The molecule has 0 atom stereocenters. The molecule has 0 aliphatic carbocycles. The van der Waals surface area contributed by atoms with Gasteiger partial charge in [-0.3, -0.25) is 0 Å². The molecule has 0 radical (unpaired) electrons. The summed E-state index contributed by atoms with van der Waals surface area (Å²) in [7, 11) is 0. The van der Waals surface area contributed by atoms with Crippen LogP contribution in [0, 0.1) is 5.41 Å². The van der Waals surface area contributed by atoms with Crippen LogP contribution in [0.1, 0.15) is 27.2 Å². The molecule has 0 saturated heterocycles. The van der Waals surface area contributed by atoms with Gasteiger partial charge in [0, 0.05) is 36.2 Å². The number of hydrogen-bond donors (Lipinski definition) is 5. The molecule has 0 amide bonds. The van der Waals surface area contributed by atoms with Crippen molar-refractivity contribution in [3.05, 3.63) is 37.5 Å². The van der Waals surface area contributed by atoms with E-state index in [1.165, 1.54) is 0 Å². The summed E-state index contributed by atoms with van der Waals surface area (Å²) in [6, 6.07) is 0. The number of aliphatic hydroxyl groups excluding tert-OH is 2. The molecule has 0 aromatic heterocycles. The Morgan fingerprint density at radius 3 is 1.44 bits per heavy atom. The first-order valence-electron chi connectivity index (χ1n) is 7.76. The third-order valence-electron chi connectivity index (χ3n) is 2.26. The monoisotopic (exact) mass is 392 g/mol. The van der Waals surface area contributed by atoms with E-state index in [4.69, 9.17) is 30.3 Å². The van der Waals surface area contributed by atoms with Gasteiger partial charge in [-0.15, -0.1) is 0 Å². The summed E-state index contributed by atoms with van der Waals surface area (Å²) in [5, 5.41) is 40.4. The first-order chi connectivity index (χ1) is 12.3. The maximum absolute atomic E-state index is 10.1. The summed E-state index contributed by atoms with van der Waals surface area (Å²) < 4.78 is 4.93. The molecular weight excluding hydrogens is 360 g/mol. The van der Waals surface area contributed by atoms with Crippen LogP contribution >= 0.6 is 0 Å². The average molecular weight is 392 g/mol. The summed E-state index contributed by atoms with van der Waals surface area (Å²) in [5.41, 5.74) is -0.103. The second-order valence-corrected chi connectivity index (χ2v) is 5.42. The average Bonchev–Trinajstić information content (AvgIpc) is 2.63. The topological polar surface area (TPSA) is 162 Å². The van der Waals surface area contributed by atoms with E-state index in [1.54, 1.807) is 13.8 Å². The Morgan fingerprint density at radius 1 is 0.963 bits per heavy atom. The van der Waals surface area contributed by atoms with Crippen molar-refractivity contribution in [3.63, 3.8) is 0 Å². The van der Waals surface area contributed by atoms with Gasteiger partial charge in [0.1, 0.15) is 0 Å². The summed E-state index contributed by atoms with van der Waals surface area (Å²) in [6.07, 6.45) is 2.07. The molecule has 0 unspecified atom stereocenters. The Labute approximate surface area is 159 Å². The van der Waals surface area contributed by atoms with Gasteiger partial charge in [-0.1, -0.05) is 33.6 Å². The number of aliphatic carboxylic acids is 3. The van der Waals surface area contributed by atoms with Gasteiger partial charge in [0.25, 0.3) is 0 Å².